The van der Waals surface area contributed by atoms with Gasteiger partial charge in [-0.3, -0.25) is 9.59 Å². The number of hydrogen-bond donors (Lipinski definition) is 0. The molecule has 1 radical (unpaired) electrons. The second-order valence-electron chi connectivity index (χ2n) is 1.69. The molecule has 0 unspecified atom stereocenters. The van der Waals surface area contributed by atoms with Gasteiger partial charge in [-0.05, 0) is 0 Å². The van der Waals surface area contributed by atoms with Gasteiger partial charge in [-0.2, -0.15) is 0 Å². The molecule has 0 aromatic heterocycles. The van der Waals surface area contributed by atoms with Crippen LogP contribution in [-0.2, 0) is 36.0 Å². The van der Waals surface area contributed by atoms with Crippen molar-refractivity contribution in [2.75, 3.05) is 0 Å². The summed E-state index contributed by atoms with van der Waals surface area (Å²) in [5, 5.41) is 18.5. The number of aliphatic carboxylic acids is 2. The van der Waals surface area contributed by atoms with Crippen molar-refractivity contribution in [3.8, 4) is 0 Å². The number of hydrogen-bond acceptors (Lipinski definition) is 6. The van der Waals surface area contributed by atoms with Crippen molar-refractivity contribution in [2.24, 2.45) is 0 Å². The van der Waals surface area contributed by atoms with Gasteiger partial charge in [-0.25, -0.2) is 0 Å². The summed E-state index contributed by atoms with van der Waals surface area (Å²) in [7, 11) is 0. The fourth-order valence-corrected chi connectivity index (χ4v) is 0. The van der Waals surface area contributed by atoms with Gasteiger partial charge in [0.25, 0.3) is 0 Å². The summed E-state index contributed by atoms with van der Waals surface area (Å²) < 4.78 is 0. The van der Waals surface area contributed by atoms with Crippen molar-refractivity contribution in [3.63, 3.8) is 0 Å². The first kappa shape index (κ1) is 23.4. The van der Waals surface area contributed by atoms with Crippen molar-refractivity contribution in [1.29, 1.82) is 0 Å². The first-order valence-corrected chi connectivity index (χ1v) is 3.22. The molecule has 0 N–H and O–H groups in total. The molecule has 0 rings (SSSR count). The Morgan fingerprint density at radius 3 is 0.867 bits per heavy atom. The quantitative estimate of drug-likeness (QED) is 0.399. The van der Waals surface area contributed by atoms with Gasteiger partial charge in [0.1, 0.15) is 11.9 Å². The largest absolute Gasteiger partial charge is 2.00 e. The van der Waals surface area contributed by atoms with Gasteiger partial charge in [0.15, 0.2) is 11.6 Å². The molecular weight excluding hydrogens is 251 g/mol. The second-order valence-corrected chi connectivity index (χ2v) is 1.69. The van der Waals surface area contributed by atoms with Gasteiger partial charge in [-0.15, -0.1) is 13.2 Å². The smallest absolute Gasteiger partial charge is 0.542 e. The van der Waals surface area contributed by atoms with E-state index >= 15 is 0 Å². The summed E-state index contributed by atoms with van der Waals surface area (Å²) in [6.45, 7) is 7.88. The van der Waals surface area contributed by atoms with Crippen molar-refractivity contribution >= 4 is 23.5 Å². The third-order valence-electron chi connectivity index (χ3n) is 0.575. The Kier molecular flexibility index (Phi) is 23.4. The predicted octanol–water partition coefficient (Wildman–Crippen LogP) is -2.55. The number of carbonyl (C=O) groups is 4. The van der Waals surface area contributed by atoms with Crippen LogP contribution in [0.2, 0.25) is 0 Å². The maximum atomic E-state index is 9.48. The van der Waals surface area contributed by atoms with E-state index in [1.54, 1.807) is 0 Å². The molecule has 0 aromatic rings. The summed E-state index contributed by atoms with van der Waals surface area (Å²) in [6.07, 6.45) is 0. The fourth-order valence-electron chi connectivity index (χ4n) is 0. The average Bonchev–Trinajstić information content (AvgIpc) is 2.08. The number of carboxylic acid groups (broad SMARTS) is 2. The van der Waals surface area contributed by atoms with E-state index in [1.165, 1.54) is 0 Å². The topological polar surface area (TPSA) is 114 Å². The molecule has 0 aliphatic carbocycles. The van der Waals surface area contributed by atoms with Crippen molar-refractivity contribution < 1.29 is 46.2 Å². The molecule has 15 heavy (non-hydrogen) atoms. The average molecular weight is 261 g/mol. The predicted molar refractivity (Wildman–Crippen MR) is 42.6 cm³/mol. The molecule has 6 nitrogen and oxygen atoms in total. The number of rotatable bonds is 2. The minimum absolute atomic E-state index is 0. The SMILES string of the molecule is C=C.CC(=O)C(=O)[O-].CC(=O)C(=O)[O-].[Co+2]. The molecule has 0 saturated heterocycles. The van der Waals surface area contributed by atoms with E-state index < -0.39 is 23.5 Å². The Morgan fingerprint density at radius 2 is 0.867 bits per heavy atom. The van der Waals surface area contributed by atoms with Crippen LogP contribution in [0, 0.1) is 0 Å². The zero-order valence-electron chi connectivity index (χ0n) is 8.20. The molecule has 7 heteroatoms. The van der Waals surface area contributed by atoms with Gasteiger partial charge in [0, 0.05) is 13.8 Å². The maximum absolute atomic E-state index is 9.48. The molecule has 0 spiro atoms. The third-order valence-corrected chi connectivity index (χ3v) is 0.575. The molecule has 0 aromatic carbocycles. The second kappa shape index (κ2) is 15.0. The third kappa shape index (κ3) is 32.6. The summed E-state index contributed by atoms with van der Waals surface area (Å²) in [4.78, 5) is 37.4. The van der Waals surface area contributed by atoms with Crippen LogP contribution in [0.3, 0.4) is 0 Å². The number of Topliss-reactive ketones (excluding diaryl/α,β-unsaturated/α-hetero) is 2. The van der Waals surface area contributed by atoms with Gasteiger partial charge in [-0.1, -0.05) is 0 Å². The molecule has 87 valence electrons. The molecule has 0 aliphatic heterocycles. The van der Waals surface area contributed by atoms with Gasteiger partial charge < -0.3 is 19.8 Å². The zero-order chi connectivity index (χ0) is 12.3. The van der Waals surface area contributed by atoms with Crippen molar-refractivity contribution in [2.45, 2.75) is 13.8 Å². The molecular formula is C8H10CoO6. The van der Waals surface area contributed by atoms with Crippen LogP contribution in [0.4, 0.5) is 0 Å². The van der Waals surface area contributed by atoms with E-state index in [1.807, 2.05) is 0 Å². The fraction of sp³-hybridized carbons (Fsp3) is 0.250. The van der Waals surface area contributed by atoms with Crippen LogP contribution in [0.15, 0.2) is 13.2 Å². The van der Waals surface area contributed by atoms with Crippen molar-refractivity contribution in [1.82, 2.24) is 0 Å². The molecule has 0 fully saturated rings. The van der Waals surface area contributed by atoms with E-state index in [4.69, 9.17) is 0 Å². The normalized spacial score (nSPS) is 6.27. The van der Waals surface area contributed by atoms with E-state index in [0.29, 0.717) is 0 Å². The van der Waals surface area contributed by atoms with E-state index in [0.717, 1.165) is 13.8 Å². The number of carbonyl (C=O) groups excluding carboxylic acids is 4. The number of carboxylic acids is 2. The van der Waals surface area contributed by atoms with Crippen molar-refractivity contribution in [3.05, 3.63) is 13.2 Å². The van der Waals surface area contributed by atoms with Crippen LogP contribution in [-0.4, -0.2) is 23.5 Å². The molecule has 0 bridgehead atoms. The summed E-state index contributed by atoms with van der Waals surface area (Å²) in [5.41, 5.74) is 0. The molecule has 0 atom stereocenters. The summed E-state index contributed by atoms with van der Waals surface area (Å²) in [6, 6.07) is 0. The minimum atomic E-state index is -1.63. The molecule has 0 saturated carbocycles. The van der Waals surface area contributed by atoms with Crippen LogP contribution in [0.1, 0.15) is 13.8 Å². The van der Waals surface area contributed by atoms with E-state index in [2.05, 4.69) is 13.2 Å². The van der Waals surface area contributed by atoms with Crippen LogP contribution in [0.5, 0.6) is 0 Å². The molecule has 0 heterocycles. The molecule has 0 amide bonds. The Hall–Kier alpha value is -1.47. The molecule has 0 aliphatic rings. The van der Waals surface area contributed by atoms with Crippen LogP contribution in [0.25, 0.3) is 0 Å². The summed E-state index contributed by atoms with van der Waals surface area (Å²) in [5.74, 6) is -5.13. The minimum Gasteiger partial charge on any atom is -0.542 e. The zero-order valence-corrected chi connectivity index (χ0v) is 9.24. The first-order chi connectivity index (χ1) is 6.29. The van der Waals surface area contributed by atoms with E-state index in [-0.39, 0.29) is 16.8 Å². The monoisotopic (exact) mass is 261 g/mol. The maximum Gasteiger partial charge on any atom is 2.00 e. The Balaban J connectivity index is -0.0000000653. The first-order valence-electron chi connectivity index (χ1n) is 3.22. The summed E-state index contributed by atoms with van der Waals surface area (Å²) >= 11 is 0. The Labute approximate surface area is 97.2 Å². The van der Waals surface area contributed by atoms with Gasteiger partial charge >= 0.3 is 16.8 Å². The number of ketones is 2. The van der Waals surface area contributed by atoms with Crippen LogP contribution < -0.4 is 10.2 Å². The standard InChI is InChI=1S/2C3H4O3.C2H4.Co/c2*1-2(4)3(5)6;1-2;/h2*1H3,(H,5,6);1-2H2;/q;;;+2/p-2. The Bertz CT molecular complexity index is 187. The van der Waals surface area contributed by atoms with E-state index in [9.17, 15) is 29.4 Å². The Morgan fingerprint density at radius 1 is 0.800 bits per heavy atom. The van der Waals surface area contributed by atoms with Crippen LogP contribution >= 0.6 is 0 Å². The van der Waals surface area contributed by atoms with Gasteiger partial charge in [0.05, 0.1) is 0 Å². The van der Waals surface area contributed by atoms with Gasteiger partial charge in [0.2, 0.25) is 0 Å².